The van der Waals surface area contributed by atoms with Crippen LogP contribution in [0.15, 0.2) is 54.0 Å². The summed E-state index contributed by atoms with van der Waals surface area (Å²) in [6.07, 6.45) is 1.80. The van der Waals surface area contributed by atoms with Gasteiger partial charge in [-0.3, -0.25) is 0 Å². The number of nitrogens with zero attached hydrogens (tertiary/aromatic N) is 1. The molecule has 1 N–H and O–H groups in total. The number of anilines is 1. The molecule has 2 aromatic carbocycles. The van der Waals surface area contributed by atoms with E-state index in [1.54, 1.807) is 23.6 Å². The Kier molecular flexibility index (Phi) is 3.97. The van der Waals surface area contributed by atoms with E-state index in [1.807, 2.05) is 42.6 Å². The standard InChI is InChI=1S/C17H15FN2S/c1-12-2-7-16(18)14(10-12)11-20-15-5-3-13(4-6-15)17-19-8-9-21-17/h2-10,20H,11H2,1H3. The zero-order valence-electron chi connectivity index (χ0n) is 11.6. The van der Waals surface area contributed by atoms with Crippen molar-refractivity contribution in [3.05, 3.63) is 71.0 Å². The maximum absolute atomic E-state index is 13.7. The first-order valence-electron chi connectivity index (χ1n) is 6.71. The molecule has 106 valence electrons. The molecule has 0 spiro atoms. The zero-order valence-corrected chi connectivity index (χ0v) is 12.5. The van der Waals surface area contributed by atoms with Crippen molar-refractivity contribution in [2.24, 2.45) is 0 Å². The molecule has 0 amide bonds. The fraction of sp³-hybridized carbons (Fsp3) is 0.118. The van der Waals surface area contributed by atoms with Crippen LogP contribution in [0.2, 0.25) is 0 Å². The molecule has 0 bridgehead atoms. The van der Waals surface area contributed by atoms with Crippen LogP contribution in [0.25, 0.3) is 10.6 Å². The summed E-state index contributed by atoms with van der Waals surface area (Å²) in [4.78, 5) is 4.28. The van der Waals surface area contributed by atoms with Crippen LogP contribution in [0.3, 0.4) is 0 Å². The molecule has 0 unspecified atom stereocenters. The van der Waals surface area contributed by atoms with Crippen molar-refractivity contribution in [1.82, 2.24) is 4.98 Å². The Morgan fingerprint density at radius 3 is 2.67 bits per heavy atom. The van der Waals surface area contributed by atoms with E-state index in [4.69, 9.17) is 0 Å². The van der Waals surface area contributed by atoms with Crippen LogP contribution in [0.5, 0.6) is 0 Å². The third-order valence-corrected chi connectivity index (χ3v) is 4.07. The van der Waals surface area contributed by atoms with Crippen LogP contribution in [0.1, 0.15) is 11.1 Å². The largest absolute Gasteiger partial charge is 0.381 e. The summed E-state index contributed by atoms with van der Waals surface area (Å²) in [6, 6.07) is 13.2. The Balaban J connectivity index is 1.70. The van der Waals surface area contributed by atoms with Crippen molar-refractivity contribution < 1.29 is 4.39 Å². The molecule has 0 saturated heterocycles. The maximum atomic E-state index is 13.7. The second-order valence-corrected chi connectivity index (χ2v) is 5.76. The van der Waals surface area contributed by atoms with E-state index in [9.17, 15) is 4.39 Å². The van der Waals surface area contributed by atoms with Gasteiger partial charge in [0.2, 0.25) is 0 Å². The molecule has 21 heavy (non-hydrogen) atoms. The van der Waals surface area contributed by atoms with Crippen molar-refractivity contribution >= 4 is 17.0 Å². The zero-order chi connectivity index (χ0) is 14.7. The van der Waals surface area contributed by atoms with Crippen LogP contribution < -0.4 is 5.32 Å². The fourth-order valence-corrected chi connectivity index (χ4v) is 2.78. The molecule has 0 atom stereocenters. The Bertz CT molecular complexity index is 721. The number of rotatable bonds is 4. The van der Waals surface area contributed by atoms with Crippen molar-refractivity contribution in [2.75, 3.05) is 5.32 Å². The topological polar surface area (TPSA) is 24.9 Å². The lowest BCUT2D eigenvalue weighted by Gasteiger charge is -2.09. The summed E-state index contributed by atoms with van der Waals surface area (Å²) in [5, 5.41) is 6.21. The monoisotopic (exact) mass is 298 g/mol. The number of hydrogen-bond donors (Lipinski definition) is 1. The van der Waals surface area contributed by atoms with Gasteiger partial charge in [-0.1, -0.05) is 17.7 Å². The average molecular weight is 298 g/mol. The van der Waals surface area contributed by atoms with Gasteiger partial charge in [-0.25, -0.2) is 9.37 Å². The van der Waals surface area contributed by atoms with Crippen molar-refractivity contribution in [3.8, 4) is 10.6 Å². The molecule has 0 aliphatic heterocycles. The molecule has 4 heteroatoms. The smallest absolute Gasteiger partial charge is 0.128 e. The summed E-state index contributed by atoms with van der Waals surface area (Å²) >= 11 is 1.61. The van der Waals surface area contributed by atoms with Gasteiger partial charge in [0.15, 0.2) is 0 Å². The molecular weight excluding hydrogens is 283 g/mol. The normalized spacial score (nSPS) is 10.6. The molecule has 0 saturated carbocycles. The van der Waals surface area contributed by atoms with E-state index < -0.39 is 0 Å². The van der Waals surface area contributed by atoms with Gasteiger partial charge in [-0.15, -0.1) is 11.3 Å². The van der Waals surface area contributed by atoms with E-state index in [2.05, 4.69) is 10.3 Å². The maximum Gasteiger partial charge on any atom is 0.128 e. The van der Waals surface area contributed by atoms with Gasteiger partial charge in [0, 0.05) is 34.9 Å². The lowest BCUT2D eigenvalue weighted by molar-refractivity contribution is 0.612. The van der Waals surface area contributed by atoms with Crippen LogP contribution >= 0.6 is 11.3 Å². The lowest BCUT2D eigenvalue weighted by Crippen LogP contribution is -2.02. The first-order chi connectivity index (χ1) is 10.2. The number of nitrogens with one attached hydrogen (secondary N) is 1. The predicted molar refractivity (Wildman–Crippen MR) is 86.0 cm³/mol. The Morgan fingerprint density at radius 2 is 1.95 bits per heavy atom. The van der Waals surface area contributed by atoms with Gasteiger partial charge in [0.1, 0.15) is 10.8 Å². The molecule has 0 fully saturated rings. The van der Waals surface area contributed by atoms with Crippen molar-refractivity contribution in [3.63, 3.8) is 0 Å². The molecule has 1 heterocycles. The van der Waals surface area contributed by atoms with Crippen LogP contribution in [0.4, 0.5) is 10.1 Å². The molecule has 0 radical (unpaired) electrons. The third-order valence-electron chi connectivity index (χ3n) is 3.25. The molecule has 3 rings (SSSR count). The molecule has 0 aliphatic rings. The number of hydrogen-bond acceptors (Lipinski definition) is 3. The second kappa shape index (κ2) is 6.06. The number of aryl methyl sites for hydroxylation is 1. The number of benzene rings is 2. The number of halogens is 1. The van der Waals surface area contributed by atoms with Gasteiger partial charge in [-0.2, -0.15) is 0 Å². The molecular formula is C17H15FN2S. The van der Waals surface area contributed by atoms with E-state index >= 15 is 0 Å². The molecule has 1 aromatic heterocycles. The minimum absolute atomic E-state index is 0.174. The highest BCUT2D eigenvalue weighted by atomic mass is 32.1. The lowest BCUT2D eigenvalue weighted by atomic mass is 10.1. The first kappa shape index (κ1) is 13.8. The minimum Gasteiger partial charge on any atom is -0.381 e. The van der Waals surface area contributed by atoms with Gasteiger partial charge >= 0.3 is 0 Å². The third kappa shape index (κ3) is 3.28. The van der Waals surface area contributed by atoms with E-state index in [0.29, 0.717) is 12.1 Å². The van der Waals surface area contributed by atoms with E-state index in [-0.39, 0.29) is 5.82 Å². The second-order valence-electron chi connectivity index (χ2n) is 4.86. The first-order valence-corrected chi connectivity index (χ1v) is 7.59. The Hall–Kier alpha value is -2.20. The Morgan fingerprint density at radius 1 is 1.14 bits per heavy atom. The fourth-order valence-electron chi connectivity index (χ4n) is 2.13. The molecule has 0 aliphatic carbocycles. The SMILES string of the molecule is Cc1ccc(F)c(CNc2ccc(-c3nccs3)cc2)c1. The highest BCUT2D eigenvalue weighted by Gasteiger charge is 2.03. The van der Waals surface area contributed by atoms with Gasteiger partial charge in [0.25, 0.3) is 0 Å². The quantitative estimate of drug-likeness (QED) is 0.743. The van der Waals surface area contributed by atoms with Crippen molar-refractivity contribution in [1.29, 1.82) is 0 Å². The van der Waals surface area contributed by atoms with Crippen LogP contribution in [-0.4, -0.2) is 4.98 Å². The minimum atomic E-state index is -0.174. The Labute approximate surface area is 127 Å². The summed E-state index contributed by atoms with van der Waals surface area (Å²) < 4.78 is 13.7. The van der Waals surface area contributed by atoms with Gasteiger partial charge in [0.05, 0.1) is 0 Å². The van der Waals surface area contributed by atoms with Gasteiger partial charge in [-0.05, 0) is 37.3 Å². The summed E-state index contributed by atoms with van der Waals surface area (Å²) in [7, 11) is 0. The number of thiazole rings is 1. The van der Waals surface area contributed by atoms with E-state index in [0.717, 1.165) is 21.8 Å². The molecule has 3 aromatic rings. The number of aromatic nitrogens is 1. The summed E-state index contributed by atoms with van der Waals surface area (Å²) in [5.74, 6) is -0.174. The summed E-state index contributed by atoms with van der Waals surface area (Å²) in [6.45, 7) is 2.44. The van der Waals surface area contributed by atoms with Crippen LogP contribution in [0, 0.1) is 12.7 Å². The van der Waals surface area contributed by atoms with Crippen molar-refractivity contribution in [2.45, 2.75) is 13.5 Å². The van der Waals surface area contributed by atoms with Crippen LogP contribution in [-0.2, 0) is 6.54 Å². The highest BCUT2D eigenvalue weighted by molar-refractivity contribution is 7.13. The highest BCUT2D eigenvalue weighted by Crippen LogP contribution is 2.23. The average Bonchev–Trinajstić information content (AvgIpc) is 3.03. The van der Waals surface area contributed by atoms with Gasteiger partial charge < -0.3 is 5.32 Å². The summed E-state index contributed by atoms with van der Waals surface area (Å²) in [5.41, 5.74) is 3.81. The molecule has 2 nitrogen and oxygen atoms in total. The van der Waals surface area contributed by atoms with E-state index in [1.165, 1.54) is 6.07 Å². The predicted octanol–water partition coefficient (Wildman–Crippen LogP) is 4.87.